The summed E-state index contributed by atoms with van der Waals surface area (Å²) in [6.45, 7) is 1.44. The van der Waals surface area contributed by atoms with Crippen LogP contribution in [-0.4, -0.2) is 28.0 Å². The number of aryl methyl sites for hydroxylation is 1. The smallest absolute Gasteiger partial charge is 0.181 e. The van der Waals surface area contributed by atoms with Crippen LogP contribution < -0.4 is 5.73 Å². The van der Waals surface area contributed by atoms with E-state index in [-0.39, 0.29) is 6.10 Å². The first kappa shape index (κ1) is 12.3. The van der Waals surface area contributed by atoms with Gasteiger partial charge in [-0.05, 0) is 12.0 Å². The van der Waals surface area contributed by atoms with Crippen LogP contribution in [0.3, 0.4) is 0 Å². The second kappa shape index (κ2) is 5.11. The molecule has 0 bridgehead atoms. The van der Waals surface area contributed by atoms with Gasteiger partial charge in [0.05, 0.1) is 6.10 Å². The van der Waals surface area contributed by atoms with E-state index < -0.39 is 0 Å². The van der Waals surface area contributed by atoms with Gasteiger partial charge in [-0.25, -0.2) is 9.67 Å². The lowest BCUT2D eigenvalue weighted by Gasteiger charge is -2.20. The molecule has 0 saturated heterocycles. The van der Waals surface area contributed by atoms with Gasteiger partial charge in [-0.3, -0.25) is 0 Å². The molecular weight excluding hydrogens is 240 g/mol. The molecule has 5 heteroatoms. The topological polar surface area (TPSA) is 66.0 Å². The first-order valence-corrected chi connectivity index (χ1v) is 6.56. The molecule has 0 radical (unpaired) electrons. The standard InChI is InChI=1S/C14H18N4O/c1-19-12-6-7-18-13(8-12)16-14(17-18)11-4-2-10(9-15)3-5-11/h2-5,12H,6-9,15H2,1H3. The summed E-state index contributed by atoms with van der Waals surface area (Å²) < 4.78 is 7.39. The maximum absolute atomic E-state index is 5.60. The van der Waals surface area contributed by atoms with Gasteiger partial charge in [-0.1, -0.05) is 24.3 Å². The summed E-state index contributed by atoms with van der Waals surface area (Å²) in [5, 5.41) is 4.56. The zero-order chi connectivity index (χ0) is 13.2. The molecule has 0 fully saturated rings. The van der Waals surface area contributed by atoms with Gasteiger partial charge in [0.15, 0.2) is 5.82 Å². The molecule has 0 aliphatic carbocycles. The monoisotopic (exact) mass is 258 g/mol. The van der Waals surface area contributed by atoms with E-state index in [0.29, 0.717) is 6.54 Å². The quantitative estimate of drug-likeness (QED) is 0.903. The number of hydrogen-bond acceptors (Lipinski definition) is 4. The summed E-state index contributed by atoms with van der Waals surface area (Å²) in [5.74, 6) is 1.80. The van der Waals surface area contributed by atoms with Crippen molar-refractivity contribution >= 4 is 0 Å². The molecule has 5 nitrogen and oxygen atoms in total. The Morgan fingerprint density at radius 3 is 2.84 bits per heavy atom. The molecule has 0 spiro atoms. The molecule has 1 unspecified atom stereocenters. The number of rotatable bonds is 3. The van der Waals surface area contributed by atoms with Gasteiger partial charge in [0.2, 0.25) is 0 Å². The normalized spacial score (nSPS) is 18.3. The van der Waals surface area contributed by atoms with Crippen LogP contribution in [0.4, 0.5) is 0 Å². The van der Waals surface area contributed by atoms with Crippen LogP contribution in [0.2, 0.25) is 0 Å². The average Bonchev–Trinajstić information content (AvgIpc) is 2.90. The Bertz CT molecular complexity index is 561. The molecule has 1 aromatic carbocycles. The number of fused-ring (bicyclic) bond motifs is 1. The molecule has 100 valence electrons. The molecule has 19 heavy (non-hydrogen) atoms. The highest BCUT2D eigenvalue weighted by Crippen LogP contribution is 2.21. The molecule has 1 aliphatic rings. The number of methoxy groups -OCH3 is 1. The summed E-state index contributed by atoms with van der Waals surface area (Å²) in [6.07, 6.45) is 2.10. The number of nitrogens with zero attached hydrogens (tertiary/aromatic N) is 3. The van der Waals surface area contributed by atoms with Gasteiger partial charge in [0.25, 0.3) is 0 Å². The Morgan fingerprint density at radius 2 is 2.16 bits per heavy atom. The van der Waals surface area contributed by atoms with E-state index in [2.05, 4.69) is 10.1 Å². The third-order valence-electron chi connectivity index (χ3n) is 3.60. The maximum atomic E-state index is 5.60. The Labute approximate surface area is 112 Å². The molecule has 2 N–H and O–H groups in total. The van der Waals surface area contributed by atoms with E-state index >= 15 is 0 Å². The van der Waals surface area contributed by atoms with Gasteiger partial charge in [-0.15, -0.1) is 0 Å². The zero-order valence-electron chi connectivity index (χ0n) is 11.0. The Kier molecular flexibility index (Phi) is 3.31. The number of benzene rings is 1. The van der Waals surface area contributed by atoms with E-state index in [4.69, 9.17) is 10.5 Å². The molecule has 2 aromatic rings. The van der Waals surface area contributed by atoms with Crippen molar-refractivity contribution in [2.75, 3.05) is 7.11 Å². The Morgan fingerprint density at radius 1 is 1.37 bits per heavy atom. The van der Waals surface area contributed by atoms with E-state index in [0.717, 1.165) is 42.2 Å². The maximum Gasteiger partial charge on any atom is 0.181 e. The molecule has 1 atom stereocenters. The fourth-order valence-electron chi connectivity index (χ4n) is 2.39. The van der Waals surface area contributed by atoms with Crippen molar-refractivity contribution in [1.82, 2.24) is 14.8 Å². The predicted molar refractivity (Wildman–Crippen MR) is 72.5 cm³/mol. The minimum Gasteiger partial charge on any atom is -0.381 e. The minimum atomic E-state index is 0.268. The van der Waals surface area contributed by atoms with E-state index in [9.17, 15) is 0 Å². The molecular formula is C14H18N4O. The Balaban J connectivity index is 1.88. The van der Waals surface area contributed by atoms with Crippen LogP contribution in [0.25, 0.3) is 11.4 Å². The van der Waals surface area contributed by atoms with Crippen LogP contribution in [-0.2, 0) is 24.2 Å². The van der Waals surface area contributed by atoms with Crippen molar-refractivity contribution in [3.05, 3.63) is 35.7 Å². The van der Waals surface area contributed by atoms with Crippen LogP contribution in [0.1, 0.15) is 17.8 Å². The summed E-state index contributed by atoms with van der Waals surface area (Å²) >= 11 is 0. The molecule has 1 aromatic heterocycles. The summed E-state index contributed by atoms with van der Waals surface area (Å²) in [5.41, 5.74) is 7.75. The van der Waals surface area contributed by atoms with Gasteiger partial charge < -0.3 is 10.5 Å². The van der Waals surface area contributed by atoms with Crippen molar-refractivity contribution in [3.8, 4) is 11.4 Å². The Hall–Kier alpha value is -1.72. The van der Waals surface area contributed by atoms with Gasteiger partial charge in [0.1, 0.15) is 5.82 Å². The highest BCUT2D eigenvalue weighted by molar-refractivity contribution is 5.55. The SMILES string of the molecule is COC1CCn2nc(-c3ccc(CN)cc3)nc2C1. The summed E-state index contributed by atoms with van der Waals surface area (Å²) in [7, 11) is 1.75. The second-order valence-electron chi connectivity index (χ2n) is 4.83. The lowest BCUT2D eigenvalue weighted by atomic mass is 10.1. The third-order valence-corrected chi connectivity index (χ3v) is 3.60. The van der Waals surface area contributed by atoms with Crippen LogP contribution in [0, 0.1) is 0 Å². The van der Waals surface area contributed by atoms with Gasteiger partial charge in [0, 0.05) is 32.2 Å². The van der Waals surface area contributed by atoms with Crippen molar-refractivity contribution < 1.29 is 4.74 Å². The molecule has 0 amide bonds. The number of ether oxygens (including phenoxy) is 1. The summed E-state index contributed by atoms with van der Waals surface area (Å²) in [4.78, 5) is 4.62. The highest BCUT2D eigenvalue weighted by Gasteiger charge is 2.21. The summed E-state index contributed by atoms with van der Waals surface area (Å²) in [6, 6.07) is 8.09. The third kappa shape index (κ3) is 2.39. The van der Waals surface area contributed by atoms with Crippen molar-refractivity contribution in [2.45, 2.75) is 32.0 Å². The lowest BCUT2D eigenvalue weighted by molar-refractivity contribution is 0.0776. The van der Waals surface area contributed by atoms with Crippen molar-refractivity contribution in [1.29, 1.82) is 0 Å². The van der Waals surface area contributed by atoms with E-state index in [1.807, 2.05) is 28.9 Å². The second-order valence-corrected chi connectivity index (χ2v) is 4.83. The predicted octanol–water partition coefficient (Wildman–Crippen LogP) is 1.36. The first-order chi connectivity index (χ1) is 9.30. The highest BCUT2D eigenvalue weighted by atomic mass is 16.5. The van der Waals surface area contributed by atoms with Crippen molar-refractivity contribution in [2.24, 2.45) is 5.73 Å². The molecule has 1 aliphatic heterocycles. The van der Waals surface area contributed by atoms with Crippen LogP contribution >= 0.6 is 0 Å². The van der Waals surface area contributed by atoms with E-state index in [1.54, 1.807) is 7.11 Å². The van der Waals surface area contributed by atoms with Crippen LogP contribution in [0.15, 0.2) is 24.3 Å². The number of nitrogens with two attached hydrogens (primary N) is 1. The fourth-order valence-corrected chi connectivity index (χ4v) is 2.39. The van der Waals surface area contributed by atoms with Crippen molar-refractivity contribution in [3.63, 3.8) is 0 Å². The molecule has 3 rings (SSSR count). The number of hydrogen-bond donors (Lipinski definition) is 1. The lowest BCUT2D eigenvalue weighted by Crippen LogP contribution is -2.25. The van der Waals surface area contributed by atoms with E-state index in [1.165, 1.54) is 0 Å². The van der Waals surface area contributed by atoms with Gasteiger partial charge in [-0.2, -0.15) is 5.10 Å². The fraction of sp³-hybridized carbons (Fsp3) is 0.429. The average molecular weight is 258 g/mol. The largest absolute Gasteiger partial charge is 0.381 e. The molecule has 0 saturated carbocycles. The zero-order valence-corrected chi connectivity index (χ0v) is 11.0. The van der Waals surface area contributed by atoms with Crippen LogP contribution in [0.5, 0.6) is 0 Å². The van der Waals surface area contributed by atoms with Gasteiger partial charge >= 0.3 is 0 Å². The molecule has 2 heterocycles. The minimum absolute atomic E-state index is 0.268. The first-order valence-electron chi connectivity index (χ1n) is 6.56. The number of aromatic nitrogens is 3.